The minimum atomic E-state index is -1.00. The van der Waals surface area contributed by atoms with Crippen LogP contribution in [0.4, 0.5) is 17.6 Å². The first-order chi connectivity index (χ1) is 11.0. The Hall–Kier alpha value is -2.81. The summed E-state index contributed by atoms with van der Waals surface area (Å²) in [7, 11) is 0. The van der Waals surface area contributed by atoms with Crippen molar-refractivity contribution in [1.29, 1.82) is 5.26 Å². The van der Waals surface area contributed by atoms with Crippen molar-refractivity contribution in [2.45, 2.75) is 12.8 Å². The van der Waals surface area contributed by atoms with Crippen LogP contribution >= 0.6 is 0 Å². The van der Waals surface area contributed by atoms with Gasteiger partial charge in [0.05, 0.1) is 6.26 Å². The van der Waals surface area contributed by atoms with Crippen LogP contribution in [0.3, 0.4) is 0 Å². The summed E-state index contributed by atoms with van der Waals surface area (Å²) in [4.78, 5) is 0. The van der Waals surface area contributed by atoms with Gasteiger partial charge in [0.1, 0.15) is 40.7 Å². The Morgan fingerprint density at radius 1 is 0.957 bits per heavy atom. The van der Waals surface area contributed by atoms with Crippen molar-refractivity contribution in [2.24, 2.45) is 0 Å². The van der Waals surface area contributed by atoms with E-state index in [4.69, 9.17) is 10.00 Å². The maximum atomic E-state index is 13.9. The third-order valence-electron chi connectivity index (χ3n) is 3.21. The Balaban J connectivity index is 2.22. The van der Waals surface area contributed by atoms with Crippen molar-refractivity contribution in [3.8, 4) is 11.8 Å². The predicted octanol–water partition coefficient (Wildman–Crippen LogP) is 4.42. The fourth-order valence-corrected chi connectivity index (χ4v) is 2.13. The van der Waals surface area contributed by atoms with E-state index < -0.39 is 28.8 Å². The van der Waals surface area contributed by atoms with Crippen molar-refractivity contribution >= 4 is 0 Å². The van der Waals surface area contributed by atoms with E-state index >= 15 is 0 Å². The van der Waals surface area contributed by atoms with Crippen molar-refractivity contribution in [3.63, 3.8) is 0 Å². The molecule has 0 aromatic heterocycles. The van der Waals surface area contributed by atoms with E-state index in [1.165, 1.54) is 6.07 Å². The van der Waals surface area contributed by atoms with E-state index in [1.54, 1.807) is 0 Å². The van der Waals surface area contributed by atoms with Crippen molar-refractivity contribution in [3.05, 3.63) is 77.1 Å². The number of nitrogens with zero attached hydrogens (tertiary/aromatic N) is 1. The van der Waals surface area contributed by atoms with E-state index in [1.807, 2.05) is 0 Å². The Morgan fingerprint density at radius 3 is 2.00 bits per heavy atom. The monoisotopic (exact) mass is 321 g/mol. The SMILES string of the molecule is C=COc1cc(F)c(CCc2cc(F)c(C#N)c(F)c2)c(F)c1. The second kappa shape index (κ2) is 6.97. The Kier molecular flexibility index (Phi) is 5.02. The number of rotatable bonds is 5. The molecular formula is C17H11F4NO. The van der Waals surface area contributed by atoms with E-state index in [9.17, 15) is 17.6 Å². The van der Waals surface area contributed by atoms with Crippen LogP contribution in [-0.2, 0) is 12.8 Å². The van der Waals surface area contributed by atoms with Gasteiger partial charge < -0.3 is 4.74 Å². The van der Waals surface area contributed by atoms with Gasteiger partial charge in [0.2, 0.25) is 0 Å². The van der Waals surface area contributed by atoms with E-state index in [-0.39, 0.29) is 29.7 Å². The minimum Gasteiger partial charge on any atom is -0.465 e. The van der Waals surface area contributed by atoms with Crippen LogP contribution in [0.1, 0.15) is 16.7 Å². The molecule has 0 heterocycles. The maximum Gasteiger partial charge on any atom is 0.144 e. The molecule has 0 atom stereocenters. The Labute approximate surface area is 130 Å². The normalized spacial score (nSPS) is 10.2. The molecule has 2 aromatic rings. The lowest BCUT2D eigenvalue weighted by Crippen LogP contribution is -2.01. The number of hydrogen-bond donors (Lipinski definition) is 0. The summed E-state index contributed by atoms with van der Waals surface area (Å²) in [6.07, 6.45) is 0.946. The van der Waals surface area contributed by atoms with Crippen LogP contribution in [-0.4, -0.2) is 0 Å². The molecule has 2 nitrogen and oxygen atoms in total. The van der Waals surface area contributed by atoms with Crippen molar-refractivity contribution in [2.75, 3.05) is 0 Å². The van der Waals surface area contributed by atoms with E-state index in [0.717, 1.165) is 30.5 Å². The third-order valence-corrected chi connectivity index (χ3v) is 3.21. The van der Waals surface area contributed by atoms with Gasteiger partial charge in [-0.2, -0.15) is 5.26 Å². The van der Waals surface area contributed by atoms with E-state index in [0.29, 0.717) is 0 Å². The maximum absolute atomic E-state index is 13.9. The molecular weight excluding hydrogens is 310 g/mol. The zero-order chi connectivity index (χ0) is 17.0. The molecule has 0 aliphatic carbocycles. The highest BCUT2D eigenvalue weighted by molar-refractivity contribution is 5.36. The molecule has 6 heteroatoms. The molecule has 0 fully saturated rings. The molecule has 2 aromatic carbocycles. The molecule has 0 aliphatic heterocycles. The average molecular weight is 321 g/mol. The summed E-state index contributed by atoms with van der Waals surface area (Å²) < 4.78 is 59.5. The lowest BCUT2D eigenvalue weighted by molar-refractivity contribution is 0.464. The van der Waals surface area contributed by atoms with Gasteiger partial charge >= 0.3 is 0 Å². The summed E-state index contributed by atoms with van der Waals surface area (Å²) in [5.41, 5.74) is -0.701. The van der Waals surface area contributed by atoms with Crippen LogP contribution in [0.5, 0.6) is 5.75 Å². The van der Waals surface area contributed by atoms with Crippen molar-refractivity contribution < 1.29 is 22.3 Å². The highest BCUT2D eigenvalue weighted by atomic mass is 19.1. The fourth-order valence-electron chi connectivity index (χ4n) is 2.13. The van der Waals surface area contributed by atoms with Gasteiger partial charge in [-0.15, -0.1) is 0 Å². The number of aryl methyl sites for hydroxylation is 1. The molecule has 0 saturated heterocycles. The lowest BCUT2D eigenvalue weighted by Gasteiger charge is -2.08. The largest absolute Gasteiger partial charge is 0.465 e. The van der Waals surface area contributed by atoms with E-state index in [2.05, 4.69) is 6.58 Å². The van der Waals surface area contributed by atoms with Gasteiger partial charge in [0, 0.05) is 17.7 Å². The molecule has 2 rings (SSSR count). The topological polar surface area (TPSA) is 33.0 Å². The Bertz CT molecular complexity index is 750. The highest BCUT2D eigenvalue weighted by Crippen LogP contribution is 2.23. The van der Waals surface area contributed by atoms with Crippen LogP contribution in [0, 0.1) is 34.6 Å². The summed E-state index contributed by atoms with van der Waals surface area (Å²) >= 11 is 0. The fraction of sp³-hybridized carbons (Fsp3) is 0.118. The van der Waals surface area contributed by atoms with Crippen molar-refractivity contribution in [1.82, 2.24) is 0 Å². The summed E-state index contributed by atoms with van der Waals surface area (Å²) in [6, 6.07) is 5.37. The molecule has 0 radical (unpaired) electrons. The van der Waals surface area contributed by atoms with Gasteiger partial charge in [0.25, 0.3) is 0 Å². The molecule has 0 unspecified atom stereocenters. The third kappa shape index (κ3) is 3.69. The first kappa shape index (κ1) is 16.6. The molecule has 0 saturated carbocycles. The first-order valence-corrected chi connectivity index (χ1v) is 6.59. The quantitative estimate of drug-likeness (QED) is 0.603. The second-order valence-electron chi connectivity index (χ2n) is 4.70. The molecule has 0 N–H and O–H groups in total. The number of ether oxygens (including phenoxy) is 1. The number of nitriles is 1. The molecule has 118 valence electrons. The Morgan fingerprint density at radius 2 is 1.52 bits per heavy atom. The van der Waals surface area contributed by atoms with Gasteiger partial charge in [-0.3, -0.25) is 0 Å². The lowest BCUT2D eigenvalue weighted by atomic mass is 10.0. The smallest absolute Gasteiger partial charge is 0.144 e. The molecule has 23 heavy (non-hydrogen) atoms. The highest BCUT2D eigenvalue weighted by Gasteiger charge is 2.14. The summed E-state index contributed by atoms with van der Waals surface area (Å²) in [6.45, 7) is 3.28. The second-order valence-corrected chi connectivity index (χ2v) is 4.70. The number of hydrogen-bond acceptors (Lipinski definition) is 2. The van der Waals surface area contributed by atoms with Gasteiger partial charge in [0.15, 0.2) is 0 Å². The van der Waals surface area contributed by atoms with Gasteiger partial charge in [-0.05, 0) is 30.5 Å². The molecule has 0 amide bonds. The summed E-state index contributed by atoms with van der Waals surface area (Å²) in [5, 5.41) is 8.59. The number of halogens is 4. The molecule has 0 spiro atoms. The molecule has 0 bridgehead atoms. The molecule has 0 aliphatic rings. The average Bonchev–Trinajstić information content (AvgIpc) is 2.46. The zero-order valence-electron chi connectivity index (χ0n) is 11.9. The number of benzene rings is 2. The zero-order valence-corrected chi connectivity index (χ0v) is 11.9. The standard InChI is InChI=1S/C17H11F4NO/c1-2-23-11-7-16(20)12(17(21)8-11)4-3-10-5-14(18)13(9-22)15(19)6-10/h2,5-8H,1,3-4H2. The van der Waals surface area contributed by atoms with Crippen LogP contribution in [0.15, 0.2) is 37.1 Å². The summed E-state index contributed by atoms with van der Waals surface area (Å²) in [5.74, 6) is -3.68. The first-order valence-electron chi connectivity index (χ1n) is 6.59. The minimum absolute atomic E-state index is 0.00898. The van der Waals surface area contributed by atoms with Gasteiger partial charge in [-0.1, -0.05) is 6.58 Å². The van der Waals surface area contributed by atoms with Gasteiger partial charge in [-0.25, -0.2) is 17.6 Å². The van der Waals surface area contributed by atoms with Crippen LogP contribution < -0.4 is 4.74 Å². The van der Waals surface area contributed by atoms with Crippen LogP contribution in [0.25, 0.3) is 0 Å². The predicted molar refractivity (Wildman–Crippen MR) is 75.7 cm³/mol. The van der Waals surface area contributed by atoms with Crippen LogP contribution in [0.2, 0.25) is 0 Å².